The second kappa shape index (κ2) is 6.44. The first kappa shape index (κ1) is 17.5. The number of hydrogen-bond acceptors (Lipinski definition) is 4. The van der Waals surface area contributed by atoms with Crippen LogP contribution in [-0.4, -0.2) is 33.0 Å². The molecular formula is C14H22N2O4S. The van der Waals surface area contributed by atoms with E-state index in [0.717, 1.165) is 0 Å². The fourth-order valence-corrected chi connectivity index (χ4v) is 2.79. The molecule has 0 heterocycles. The van der Waals surface area contributed by atoms with Crippen LogP contribution in [0, 0.1) is 0 Å². The van der Waals surface area contributed by atoms with Crippen LogP contribution in [0.5, 0.6) is 5.75 Å². The minimum absolute atomic E-state index is 0.0821. The number of ether oxygens (including phenoxy) is 1. The predicted octanol–water partition coefficient (Wildman–Crippen LogP) is 1.28. The largest absolute Gasteiger partial charge is 0.497 e. The lowest BCUT2D eigenvalue weighted by atomic mass is 10.1. The smallest absolute Gasteiger partial charge is 0.241 e. The van der Waals surface area contributed by atoms with E-state index >= 15 is 0 Å². The number of rotatable bonds is 5. The van der Waals surface area contributed by atoms with E-state index in [0.29, 0.717) is 5.75 Å². The molecule has 0 aliphatic rings. The van der Waals surface area contributed by atoms with Crippen molar-refractivity contribution in [2.75, 3.05) is 7.11 Å². The molecular weight excluding hydrogens is 292 g/mol. The van der Waals surface area contributed by atoms with Crippen molar-refractivity contribution in [3.8, 4) is 5.75 Å². The van der Waals surface area contributed by atoms with E-state index in [2.05, 4.69) is 10.0 Å². The van der Waals surface area contributed by atoms with Gasteiger partial charge in [-0.25, -0.2) is 8.42 Å². The fourth-order valence-electron chi connectivity index (χ4n) is 1.59. The van der Waals surface area contributed by atoms with Gasteiger partial charge in [-0.05, 0) is 52.0 Å². The summed E-state index contributed by atoms with van der Waals surface area (Å²) in [6.45, 7) is 6.99. The topological polar surface area (TPSA) is 84.5 Å². The third kappa shape index (κ3) is 5.35. The second-order valence-electron chi connectivity index (χ2n) is 5.76. The van der Waals surface area contributed by atoms with Crippen LogP contribution in [0.4, 0.5) is 0 Å². The van der Waals surface area contributed by atoms with Crippen molar-refractivity contribution >= 4 is 15.9 Å². The van der Waals surface area contributed by atoms with Crippen molar-refractivity contribution in [1.29, 1.82) is 0 Å². The predicted molar refractivity (Wildman–Crippen MR) is 80.7 cm³/mol. The van der Waals surface area contributed by atoms with Crippen LogP contribution in [0.2, 0.25) is 0 Å². The molecule has 1 aromatic carbocycles. The summed E-state index contributed by atoms with van der Waals surface area (Å²) in [7, 11) is -2.25. The molecule has 0 spiro atoms. The number of nitrogens with one attached hydrogen (secondary N) is 2. The van der Waals surface area contributed by atoms with Crippen molar-refractivity contribution in [3.63, 3.8) is 0 Å². The highest BCUT2D eigenvalue weighted by molar-refractivity contribution is 7.89. The van der Waals surface area contributed by atoms with Crippen LogP contribution in [0.1, 0.15) is 27.7 Å². The highest BCUT2D eigenvalue weighted by Gasteiger charge is 2.24. The lowest BCUT2D eigenvalue weighted by Crippen LogP contribution is -2.50. The normalized spacial score (nSPS) is 13.6. The van der Waals surface area contributed by atoms with Gasteiger partial charge in [-0.1, -0.05) is 0 Å². The molecule has 0 aromatic heterocycles. The molecule has 21 heavy (non-hydrogen) atoms. The van der Waals surface area contributed by atoms with Crippen molar-refractivity contribution in [2.24, 2.45) is 0 Å². The van der Waals surface area contributed by atoms with Gasteiger partial charge in [-0.15, -0.1) is 0 Å². The van der Waals surface area contributed by atoms with E-state index in [-0.39, 0.29) is 10.8 Å². The van der Waals surface area contributed by atoms with Gasteiger partial charge in [0.05, 0.1) is 18.0 Å². The summed E-state index contributed by atoms with van der Waals surface area (Å²) >= 11 is 0. The van der Waals surface area contributed by atoms with Crippen molar-refractivity contribution in [3.05, 3.63) is 24.3 Å². The summed E-state index contributed by atoms with van der Waals surface area (Å²) in [5.74, 6) is 0.187. The summed E-state index contributed by atoms with van der Waals surface area (Å²) in [6, 6.07) is 5.09. The van der Waals surface area contributed by atoms with Crippen LogP contribution in [0.3, 0.4) is 0 Å². The van der Waals surface area contributed by atoms with Crippen LogP contribution in [0.25, 0.3) is 0 Å². The third-order valence-electron chi connectivity index (χ3n) is 2.59. The molecule has 0 saturated carbocycles. The van der Waals surface area contributed by atoms with E-state index in [9.17, 15) is 13.2 Å². The molecule has 6 nitrogen and oxygen atoms in total. The Balaban J connectivity index is 2.81. The molecule has 7 heteroatoms. The first-order valence-electron chi connectivity index (χ1n) is 6.53. The summed E-state index contributed by atoms with van der Waals surface area (Å²) in [6.07, 6.45) is 0. The van der Waals surface area contributed by atoms with Gasteiger partial charge < -0.3 is 10.1 Å². The molecule has 0 aliphatic heterocycles. The van der Waals surface area contributed by atoms with E-state index < -0.39 is 21.6 Å². The lowest BCUT2D eigenvalue weighted by molar-refractivity contribution is -0.123. The molecule has 0 aliphatic carbocycles. The molecule has 0 fully saturated rings. The van der Waals surface area contributed by atoms with Gasteiger partial charge in [0.25, 0.3) is 0 Å². The molecule has 1 amide bonds. The Morgan fingerprint density at radius 2 is 1.71 bits per heavy atom. The molecule has 1 aromatic rings. The first-order valence-corrected chi connectivity index (χ1v) is 8.02. The molecule has 0 saturated heterocycles. The summed E-state index contributed by atoms with van der Waals surface area (Å²) in [5.41, 5.74) is -0.420. The van der Waals surface area contributed by atoms with Crippen molar-refractivity contribution < 1.29 is 17.9 Å². The number of benzene rings is 1. The third-order valence-corrected chi connectivity index (χ3v) is 4.15. The molecule has 2 N–H and O–H groups in total. The Kier molecular flexibility index (Phi) is 5.36. The number of sulfonamides is 1. The van der Waals surface area contributed by atoms with E-state index in [1.54, 1.807) is 12.1 Å². The Labute approximate surface area is 125 Å². The van der Waals surface area contributed by atoms with E-state index in [1.165, 1.54) is 26.2 Å². The highest BCUT2D eigenvalue weighted by Crippen LogP contribution is 2.15. The molecule has 1 atom stereocenters. The average Bonchev–Trinajstić information content (AvgIpc) is 2.36. The average molecular weight is 314 g/mol. The Hall–Kier alpha value is -1.60. The zero-order chi connectivity index (χ0) is 16.3. The Morgan fingerprint density at radius 3 is 2.14 bits per heavy atom. The number of hydrogen-bond donors (Lipinski definition) is 2. The first-order chi connectivity index (χ1) is 9.55. The maximum Gasteiger partial charge on any atom is 0.241 e. The van der Waals surface area contributed by atoms with Crippen LogP contribution >= 0.6 is 0 Å². The molecule has 0 unspecified atom stereocenters. The summed E-state index contributed by atoms with van der Waals surface area (Å²) < 4.78 is 31.7. The molecule has 0 radical (unpaired) electrons. The van der Waals surface area contributed by atoms with Gasteiger partial charge in [0.2, 0.25) is 15.9 Å². The maximum absolute atomic E-state index is 12.2. The summed E-state index contributed by atoms with van der Waals surface area (Å²) in [4.78, 5) is 12.0. The Bertz CT molecular complexity index is 588. The van der Waals surface area contributed by atoms with Crippen molar-refractivity contribution in [1.82, 2.24) is 10.0 Å². The van der Waals surface area contributed by atoms with E-state index in [4.69, 9.17) is 4.74 Å². The van der Waals surface area contributed by atoms with Crippen molar-refractivity contribution in [2.45, 2.75) is 44.2 Å². The SMILES string of the molecule is COc1ccc(S(=O)(=O)N[C@@H](C)C(=O)NC(C)(C)C)cc1. The quantitative estimate of drug-likeness (QED) is 0.857. The maximum atomic E-state index is 12.2. The highest BCUT2D eigenvalue weighted by atomic mass is 32.2. The van der Waals surface area contributed by atoms with Crippen LogP contribution in [-0.2, 0) is 14.8 Å². The monoisotopic (exact) mass is 314 g/mol. The second-order valence-corrected chi connectivity index (χ2v) is 7.47. The van der Waals surface area contributed by atoms with Gasteiger partial charge in [0, 0.05) is 5.54 Å². The van der Waals surface area contributed by atoms with Gasteiger partial charge in [0.1, 0.15) is 5.75 Å². The van der Waals surface area contributed by atoms with Crippen LogP contribution in [0.15, 0.2) is 29.2 Å². The number of methoxy groups -OCH3 is 1. The zero-order valence-corrected chi connectivity index (χ0v) is 13.7. The Morgan fingerprint density at radius 1 is 1.19 bits per heavy atom. The number of amides is 1. The molecule has 118 valence electrons. The van der Waals surface area contributed by atoms with Gasteiger partial charge >= 0.3 is 0 Å². The standard InChI is InChI=1S/C14H22N2O4S/c1-10(13(17)15-14(2,3)4)16-21(18,19)12-8-6-11(20-5)7-9-12/h6-10,16H,1-5H3,(H,15,17)/t10-/m0/s1. The lowest BCUT2D eigenvalue weighted by Gasteiger charge is -2.23. The number of carbonyl (C=O) groups is 1. The summed E-state index contributed by atoms with van der Waals surface area (Å²) in [5, 5.41) is 2.73. The molecule has 0 bridgehead atoms. The zero-order valence-electron chi connectivity index (χ0n) is 12.9. The van der Waals surface area contributed by atoms with Crippen LogP contribution < -0.4 is 14.8 Å². The van der Waals surface area contributed by atoms with Gasteiger partial charge in [-0.2, -0.15) is 4.72 Å². The van der Waals surface area contributed by atoms with Gasteiger partial charge in [-0.3, -0.25) is 4.79 Å². The molecule has 1 rings (SSSR count). The van der Waals surface area contributed by atoms with E-state index in [1.807, 2.05) is 20.8 Å². The minimum Gasteiger partial charge on any atom is -0.497 e. The number of carbonyl (C=O) groups excluding carboxylic acids is 1. The van der Waals surface area contributed by atoms with Gasteiger partial charge in [0.15, 0.2) is 0 Å². The fraction of sp³-hybridized carbons (Fsp3) is 0.500. The minimum atomic E-state index is -3.75.